The van der Waals surface area contributed by atoms with Crippen molar-refractivity contribution in [2.24, 2.45) is 5.92 Å². The van der Waals surface area contributed by atoms with Crippen molar-refractivity contribution in [1.82, 2.24) is 14.9 Å². The maximum Gasteiger partial charge on any atom is 0.328 e. The second-order valence-electron chi connectivity index (χ2n) is 8.25. The van der Waals surface area contributed by atoms with Gasteiger partial charge in [0.2, 0.25) is 5.91 Å². The molecule has 1 aromatic rings. The second-order valence-corrected chi connectivity index (χ2v) is 8.25. The normalized spacial score (nSPS) is 32.2. The molecule has 0 radical (unpaired) electrons. The summed E-state index contributed by atoms with van der Waals surface area (Å²) in [6.45, 7) is 4.18. The molecule has 2 aliphatic heterocycles. The van der Waals surface area contributed by atoms with E-state index in [2.05, 4.69) is 10.3 Å². The van der Waals surface area contributed by atoms with Crippen LogP contribution in [0.25, 0.3) is 0 Å². The van der Waals surface area contributed by atoms with Gasteiger partial charge in [-0.2, -0.15) is 0 Å². The molecule has 3 aliphatic rings. The molecule has 4 atom stereocenters. The quantitative estimate of drug-likeness (QED) is 0.761. The van der Waals surface area contributed by atoms with E-state index in [1.54, 1.807) is 0 Å². The molecule has 1 amide bonds. The van der Waals surface area contributed by atoms with Gasteiger partial charge in [-0.25, -0.2) is 4.79 Å². The third-order valence-corrected chi connectivity index (χ3v) is 5.80. The number of fused-ring (bicyclic) bond motifs is 1. The van der Waals surface area contributed by atoms with Gasteiger partial charge in [0.05, 0.1) is 12.6 Å². The van der Waals surface area contributed by atoms with Crippen LogP contribution in [0.4, 0.5) is 0 Å². The minimum atomic E-state index is -0.833. The molecule has 1 aliphatic carbocycles. The molecule has 2 N–H and O–H groups in total. The molecule has 0 unspecified atom stereocenters. The predicted molar refractivity (Wildman–Crippen MR) is 98.9 cm³/mol. The number of nitrogens with one attached hydrogen (secondary N) is 2. The standard InChI is InChI=1S/C19H27N3O6/c1-19(2)27-15-12(22-8-7-14(23)21-18(22)25)10-26-13(16(15)28-19)9-20-17(24)11-5-3-4-6-11/h7-8,11-13,15-16H,3-6,9-10H2,1-2H3,(H,20,24)(H,21,23,25)/t12-,13-,15+,16-/m1/s1. The maximum absolute atomic E-state index is 12.4. The first kappa shape index (κ1) is 19.4. The van der Waals surface area contributed by atoms with Crippen LogP contribution >= 0.6 is 0 Å². The maximum atomic E-state index is 12.4. The molecular weight excluding hydrogens is 366 g/mol. The predicted octanol–water partition coefficient (Wildman–Crippen LogP) is 0.303. The molecule has 0 bridgehead atoms. The molecule has 9 heteroatoms. The molecular formula is C19H27N3O6. The van der Waals surface area contributed by atoms with E-state index in [9.17, 15) is 14.4 Å². The minimum Gasteiger partial charge on any atom is -0.371 e. The number of aromatic amines is 1. The Kier molecular flexibility index (Phi) is 5.15. The Bertz CT molecular complexity index is 841. The number of aromatic nitrogens is 2. The van der Waals surface area contributed by atoms with E-state index in [0.29, 0.717) is 6.54 Å². The zero-order valence-electron chi connectivity index (χ0n) is 16.2. The van der Waals surface area contributed by atoms with Crippen LogP contribution < -0.4 is 16.6 Å². The van der Waals surface area contributed by atoms with Crippen LogP contribution in [0.3, 0.4) is 0 Å². The smallest absolute Gasteiger partial charge is 0.328 e. The van der Waals surface area contributed by atoms with Crippen LogP contribution in [0.1, 0.15) is 45.6 Å². The highest BCUT2D eigenvalue weighted by Gasteiger charge is 2.52. The fraction of sp³-hybridized carbons (Fsp3) is 0.737. The Balaban J connectivity index is 1.49. The van der Waals surface area contributed by atoms with Crippen LogP contribution in [0.5, 0.6) is 0 Å². The van der Waals surface area contributed by atoms with E-state index < -0.39 is 35.3 Å². The average Bonchev–Trinajstić information content (AvgIpc) is 3.27. The number of rotatable bonds is 4. The summed E-state index contributed by atoms with van der Waals surface area (Å²) >= 11 is 0. The summed E-state index contributed by atoms with van der Waals surface area (Å²) in [5.41, 5.74) is -0.966. The number of carbonyl (C=O) groups excluding carboxylic acids is 1. The van der Waals surface area contributed by atoms with Crippen molar-refractivity contribution in [3.05, 3.63) is 33.1 Å². The van der Waals surface area contributed by atoms with Crippen molar-refractivity contribution in [2.45, 2.75) is 69.7 Å². The zero-order chi connectivity index (χ0) is 19.9. The highest BCUT2D eigenvalue weighted by Crippen LogP contribution is 2.39. The van der Waals surface area contributed by atoms with Crippen LogP contribution in [0.15, 0.2) is 21.9 Å². The molecule has 3 heterocycles. The van der Waals surface area contributed by atoms with Gasteiger partial charge in [0, 0.05) is 24.7 Å². The minimum absolute atomic E-state index is 0.0646. The fourth-order valence-corrected chi connectivity index (χ4v) is 4.45. The van der Waals surface area contributed by atoms with Crippen molar-refractivity contribution in [3.8, 4) is 0 Å². The molecule has 154 valence electrons. The van der Waals surface area contributed by atoms with E-state index in [1.165, 1.54) is 16.8 Å². The molecule has 0 spiro atoms. The molecule has 28 heavy (non-hydrogen) atoms. The van der Waals surface area contributed by atoms with Crippen LogP contribution in [0.2, 0.25) is 0 Å². The van der Waals surface area contributed by atoms with Crippen molar-refractivity contribution in [1.29, 1.82) is 0 Å². The molecule has 3 fully saturated rings. The van der Waals surface area contributed by atoms with Gasteiger partial charge in [0.1, 0.15) is 18.3 Å². The summed E-state index contributed by atoms with van der Waals surface area (Å²) in [6, 6.07) is 0.864. The Morgan fingerprint density at radius 2 is 1.96 bits per heavy atom. The van der Waals surface area contributed by atoms with Crippen LogP contribution in [0, 0.1) is 5.92 Å². The molecule has 1 aromatic heterocycles. The molecule has 1 saturated carbocycles. The van der Waals surface area contributed by atoms with E-state index in [1.807, 2.05) is 13.8 Å². The third-order valence-electron chi connectivity index (χ3n) is 5.80. The SMILES string of the molecule is CC1(C)O[C@@H]2[C@H](O1)[C@@H](CNC(=O)C1CCCC1)OC[C@H]2n1ccc(=O)[nH]c1=O. The van der Waals surface area contributed by atoms with E-state index >= 15 is 0 Å². The first-order chi connectivity index (χ1) is 13.3. The number of carbonyl (C=O) groups is 1. The molecule has 4 rings (SSSR count). The number of hydrogen-bond acceptors (Lipinski definition) is 6. The Morgan fingerprint density at radius 1 is 1.25 bits per heavy atom. The summed E-state index contributed by atoms with van der Waals surface area (Å²) < 4.78 is 19.5. The zero-order valence-corrected chi connectivity index (χ0v) is 16.2. The van der Waals surface area contributed by atoms with Crippen molar-refractivity contribution < 1.29 is 19.0 Å². The lowest BCUT2D eigenvalue weighted by atomic mass is 9.97. The largest absolute Gasteiger partial charge is 0.371 e. The first-order valence-electron chi connectivity index (χ1n) is 9.90. The van der Waals surface area contributed by atoms with Gasteiger partial charge < -0.3 is 19.5 Å². The van der Waals surface area contributed by atoms with Crippen molar-refractivity contribution in [3.63, 3.8) is 0 Å². The number of amides is 1. The average molecular weight is 393 g/mol. The molecule has 0 aromatic carbocycles. The molecule has 9 nitrogen and oxygen atoms in total. The van der Waals surface area contributed by atoms with Gasteiger partial charge in [0.15, 0.2) is 5.79 Å². The Morgan fingerprint density at radius 3 is 2.68 bits per heavy atom. The van der Waals surface area contributed by atoms with Gasteiger partial charge >= 0.3 is 5.69 Å². The van der Waals surface area contributed by atoms with E-state index in [-0.39, 0.29) is 24.5 Å². The fourth-order valence-electron chi connectivity index (χ4n) is 4.45. The van der Waals surface area contributed by atoms with Gasteiger partial charge in [-0.05, 0) is 26.7 Å². The highest BCUT2D eigenvalue weighted by atomic mass is 16.8. The summed E-state index contributed by atoms with van der Waals surface area (Å²) in [5.74, 6) is -0.681. The Hall–Kier alpha value is -1.97. The second kappa shape index (κ2) is 7.46. The van der Waals surface area contributed by atoms with Crippen molar-refractivity contribution in [2.75, 3.05) is 13.2 Å². The van der Waals surface area contributed by atoms with Gasteiger partial charge in [0.25, 0.3) is 5.56 Å². The summed E-state index contributed by atoms with van der Waals surface area (Å²) in [7, 11) is 0. The molecule has 2 saturated heterocycles. The first-order valence-corrected chi connectivity index (χ1v) is 9.90. The van der Waals surface area contributed by atoms with Gasteiger partial charge in [-0.3, -0.25) is 19.1 Å². The lowest BCUT2D eigenvalue weighted by Crippen LogP contribution is -2.54. The highest BCUT2D eigenvalue weighted by molar-refractivity contribution is 5.78. The van der Waals surface area contributed by atoms with Gasteiger partial charge in [-0.1, -0.05) is 12.8 Å². The van der Waals surface area contributed by atoms with Gasteiger partial charge in [-0.15, -0.1) is 0 Å². The van der Waals surface area contributed by atoms with E-state index in [0.717, 1.165) is 25.7 Å². The number of H-pyrrole nitrogens is 1. The lowest BCUT2D eigenvalue weighted by molar-refractivity contribution is -0.153. The van der Waals surface area contributed by atoms with Crippen molar-refractivity contribution >= 4 is 5.91 Å². The van der Waals surface area contributed by atoms with Crippen LogP contribution in [-0.2, 0) is 19.0 Å². The number of hydrogen-bond donors (Lipinski definition) is 2. The van der Waals surface area contributed by atoms with E-state index in [4.69, 9.17) is 14.2 Å². The third kappa shape index (κ3) is 3.78. The Labute approximate surface area is 162 Å². The van der Waals surface area contributed by atoms with Crippen LogP contribution in [-0.4, -0.2) is 52.7 Å². The number of nitrogens with zero attached hydrogens (tertiary/aromatic N) is 1. The number of ether oxygens (including phenoxy) is 3. The summed E-state index contributed by atoms with van der Waals surface area (Å²) in [6.07, 6.45) is 4.29. The monoisotopic (exact) mass is 393 g/mol. The summed E-state index contributed by atoms with van der Waals surface area (Å²) in [4.78, 5) is 38.2. The summed E-state index contributed by atoms with van der Waals surface area (Å²) in [5, 5.41) is 2.99. The lowest BCUT2D eigenvalue weighted by Gasteiger charge is -2.37. The topological polar surface area (TPSA) is 112 Å².